The van der Waals surface area contributed by atoms with E-state index in [1.807, 2.05) is 22.4 Å². The Morgan fingerprint density at radius 2 is 2.00 bits per heavy atom. The number of carbonyl (C=O) groups excluding carboxylic acids is 1. The van der Waals surface area contributed by atoms with E-state index in [0.29, 0.717) is 17.5 Å². The Balaban J connectivity index is 1.30. The van der Waals surface area contributed by atoms with Crippen molar-refractivity contribution in [3.63, 3.8) is 0 Å². The second-order valence-electron chi connectivity index (χ2n) is 6.33. The molecule has 2 unspecified atom stereocenters. The summed E-state index contributed by atoms with van der Waals surface area (Å²) in [6, 6.07) is 3.92. The highest BCUT2D eigenvalue weighted by atomic mass is 32.1. The number of aromatic nitrogens is 5. The fourth-order valence-electron chi connectivity index (χ4n) is 3.71. The summed E-state index contributed by atoms with van der Waals surface area (Å²) in [4.78, 5) is 20.8. The molecule has 2 aliphatic heterocycles. The largest absolute Gasteiger partial charge is 0.354 e. The predicted octanol–water partition coefficient (Wildman–Crippen LogP) is 0.789. The molecule has 0 saturated carbocycles. The molecule has 0 spiro atoms. The second-order valence-corrected chi connectivity index (χ2v) is 7.05. The molecule has 0 N–H and O–H groups in total. The van der Waals surface area contributed by atoms with Gasteiger partial charge in [0.25, 0.3) is 5.91 Å². The Kier molecular flexibility index (Phi) is 3.02. The number of hydrogen-bond acceptors (Lipinski definition) is 7. The van der Waals surface area contributed by atoms with Gasteiger partial charge in [-0.3, -0.25) is 4.79 Å². The number of fused-ring (bicyclic) bond motifs is 2. The topological polar surface area (TPSA) is 79.5 Å². The first-order valence-electron chi connectivity index (χ1n) is 7.87. The minimum atomic E-state index is 0.0567. The lowest BCUT2D eigenvalue weighted by Gasteiger charge is -2.21. The van der Waals surface area contributed by atoms with Gasteiger partial charge in [-0.15, -0.1) is 26.6 Å². The summed E-state index contributed by atoms with van der Waals surface area (Å²) in [5, 5.41) is 14.2. The summed E-state index contributed by atoms with van der Waals surface area (Å²) in [7, 11) is 0. The van der Waals surface area contributed by atoms with Gasteiger partial charge in [0.2, 0.25) is 0 Å². The molecule has 5 heterocycles. The molecule has 2 aliphatic rings. The van der Waals surface area contributed by atoms with Crippen molar-refractivity contribution >= 4 is 28.7 Å². The molecule has 122 valence electrons. The van der Waals surface area contributed by atoms with E-state index in [1.54, 1.807) is 16.4 Å². The molecule has 24 heavy (non-hydrogen) atoms. The van der Waals surface area contributed by atoms with Crippen LogP contribution in [0.2, 0.25) is 0 Å². The van der Waals surface area contributed by atoms with E-state index in [0.717, 1.165) is 37.6 Å². The van der Waals surface area contributed by atoms with E-state index in [1.165, 1.54) is 11.3 Å². The van der Waals surface area contributed by atoms with Gasteiger partial charge in [0.1, 0.15) is 17.8 Å². The molecule has 2 atom stereocenters. The molecule has 1 amide bonds. The zero-order valence-electron chi connectivity index (χ0n) is 12.8. The molecular formula is C15H15N7OS. The summed E-state index contributed by atoms with van der Waals surface area (Å²) in [6.07, 6.45) is 1.62. The number of thiazole rings is 1. The standard InChI is InChI=1S/C15H15N7OS/c23-15(12-7-24-9-16-12)21-5-10-3-20(4-11(10)6-21)14-2-1-13-18-17-8-22(13)19-14/h1-2,7-11H,3-6H2. The molecule has 0 aliphatic carbocycles. The Morgan fingerprint density at radius 3 is 2.75 bits per heavy atom. The fourth-order valence-corrected chi connectivity index (χ4v) is 4.24. The maximum atomic E-state index is 12.4. The highest BCUT2D eigenvalue weighted by Crippen LogP contribution is 2.33. The van der Waals surface area contributed by atoms with Crippen molar-refractivity contribution in [3.05, 3.63) is 35.0 Å². The summed E-state index contributed by atoms with van der Waals surface area (Å²) in [5.74, 6) is 1.98. The van der Waals surface area contributed by atoms with E-state index in [4.69, 9.17) is 0 Å². The average Bonchev–Trinajstić information content (AvgIpc) is 3.35. The van der Waals surface area contributed by atoms with Gasteiger partial charge in [0.15, 0.2) is 5.65 Å². The van der Waals surface area contributed by atoms with Gasteiger partial charge >= 0.3 is 0 Å². The molecule has 9 heteroatoms. The summed E-state index contributed by atoms with van der Waals surface area (Å²) >= 11 is 1.46. The van der Waals surface area contributed by atoms with Crippen molar-refractivity contribution in [2.24, 2.45) is 11.8 Å². The summed E-state index contributed by atoms with van der Waals surface area (Å²) < 4.78 is 1.70. The lowest BCUT2D eigenvalue weighted by Crippen LogP contribution is -2.33. The molecule has 0 aromatic carbocycles. The second kappa shape index (κ2) is 5.23. The van der Waals surface area contributed by atoms with Crippen molar-refractivity contribution in [2.45, 2.75) is 0 Å². The molecule has 8 nitrogen and oxygen atoms in total. The monoisotopic (exact) mass is 341 g/mol. The first-order valence-corrected chi connectivity index (χ1v) is 8.82. The smallest absolute Gasteiger partial charge is 0.273 e. The number of nitrogens with zero attached hydrogens (tertiary/aromatic N) is 7. The Hall–Kier alpha value is -2.55. The Bertz CT molecular complexity index is 878. The van der Waals surface area contributed by atoms with Gasteiger partial charge in [-0.1, -0.05) is 0 Å². The first kappa shape index (κ1) is 13.8. The number of hydrogen-bond donors (Lipinski definition) is 0. The number of rotatable bonds is 2. The minimum Gasteiger partial charge on any atom is -0.354 e. The van der Waals surface area contributed by atoms with Gasteiger partial charge in [-0.25, -0.2) is 4.98 Å². The lowest BCUT2D eigenvalue weighted by atomic mass is 10.0. The van der Waals surface area contributed by atoms with Gasteiger partial charge < -0.3 is 9.80 Å². The quantitative estimate of drug-likeness (QED) is 0.686. The van der Waals surface area contributed by atoms with Crippen LogP contribution < -0.4 is 4.90 Å². The van der Waals surface area contributed by atoms with Crippen molar-refractivity contribution in [1.29, 1.82) is 0 Å². The third-order valence-electron chi connectivity index (χ3n) is 4.90. The van der Waals surface area contributed by atoms with Crippen molar-refractivity contribution < 1.29 is 4.79 Å². The number of carbonyl (C=O) groups is 1. The van der Waals surface area contributed by atoms with E-state index >= 15 is 0 Å². The van der Waals surface area contributed by atoms with E-state index in [2.05, 4.69) is 25.2 Å². The lowest BCUT2D eigenvalue weighted by molar-refractivity contribution is 0.0777. The molecular weight excluding hydrogens is 326 g/mol. The van der Waals surface area contributed by atoms with Crippen LogP contribution in [0.3, 0.4) is 0 Å². The number of anilines is 1. The molecule has 3 aromatic rings. The summed E-state index contributed by atoms with van der Waals surface area (Å²) in [5.41, 5.74) is 3.02. The van der Waals surface area contributed by atoms with Gasteiger partial charge in [0, 0.05) is 43.4 Å². The van der Waals surface area contributed by atoms with Gasteiger partial charge in [-0.2, -0.15) is 4.52 Å². The van der Waals surface area contributed by atoms with Crippen LogP contribution in [0.4, 0.5) is 5.82 Å². The van der Waals surface area contributed by atoms with Gasteiger partial charge in [0.05, 0.1) is 5.51 Å². The molecule has 3 aromatic heterocycles. The normalized spacial score (nSPS) is 23.2. The molecule has 0 bridgehead atoms. The van der Waals surface area contributed by atoms with Crippen LogP contribution in [0.5, 0.6) is 0 Å². The van der Waals surface area contributed by atoms with Crippen LogP contribution in [0, 0.1) is 11.8 Å². The van der Waals surface area contributed by atoms with Crippen LogP contribution in [0.1, 0.15) is 10.5 Å². The SMILES string of the molecule is O=C(c1cscn1)N1CC2CN(c3ccc4nncn4n3)CC2C1. The Morgan fingerprint density at radius 1 is 1.17 bits per heavy atom. The maximum Gasteiger partial charge on any atom is 0.273 e. The number of likely N-dealkylation sites (tertiary alicyclic amines) is 1. The zero-order chi connectivity index (χ0) is 16.1. The highest BCUT2D eigenvalue weighted by Gasteiger charge is 2.42. The van der Waals surface area contributed by atoms with Crippen LogP contribution in [-0.2, 0) is 0 Å². The fraction of sp³-hybridized carbons (Fsp3) is 0.400. The van der Waals surface area contributed by atoms with Crippen LogP contribution >= 0.6 is 11.3 Å². The van der Waals surface area contributed by atoms with Crippen molar-refractivity contribution in [3.8, 4) is 0 Å². The average molecular weight is 341 g/mol. The molecule has 2 fully saturated rings. The summed E-state index contributed by atoms with van der Waals surface area (Å²) in [6.45, 7) is 3.44. The van der Waals surface area contributed by atoms with E-state index < -0.39 is 0 Å². The van der Waals surface area contributed by atoms with E-state index in [9.17, 15) is 4.79 Å². The molecule has 0 radical (unpaired) electrons. The van der Waals surface area contributed by atoms with Gasteiger partial charge in [-0.05, 0) is 12.1 Å². The number of amides is 1. The molecule has 2 saturated heterocycles. The predicted molar refractivity (Wildman–Crippen MR) is 88.0 cm³/mol. The van der Waals surface area contributed by atoms with Crippen LogP contribution in [-0.4, -0.2) is 61.8 Å². The van der Waals surface area contributed by atoms with Crippen molar-refractivity contribution in [2.75, 3.05) is 31.1 Å². The van der Waals surface area contributed by atoms with Crippen LogP contribution in [0.25, 0.3) is 5.65 Å². The third-order valence-corrected chi connectivity index (χ3v) is 5.48. The molecule has 5 rings (SSSR count). The highest BCUT2D eigenvalue weighted by molar-refractivity contribution is 7.07. The Labute approximate surface area is 141 Å². The van der Waals surface area contributed by atoms with E-state index in [-0.39, 0.29) is 5.91 Å². The minimum absolute atomic E-state index is 0.0567. The third kappa shape index (κ3) is 2.15. The van der Waals surface area contributed by atoms with Crippen LogP contribution in [0.15, 0.2) is 29.4 Å². The first-order chi connectivity index (χ1) is 11.8. The van der Waals surface area contributed by atoms with Crippen molar-refractivity contribution in [1.82, 2.24) is 29.7 Å². The zero-order valence-corrected chi connectivity index (χ0v) is 13.6. The maximum absolute atomic E-state index is 12.4.